The molecule has 108 valence electrons. The Bertz CT molecular complexity index is 657. The molecule has 0 spiro atoms. The van der Waals surface area contributed by atoms with Gasteiger partial charge >= 0.3 is 0 Å². The number of benzene rings is 1. The van der Waals surface area contributed by atoms with Crippen molar-refractivity contribution in [2.24, 2.45) is 5.73 Å². The van der Waals surface area contributed by atoms with Gasteiger partial charge in [-0.1, -0.05) is 12.1 Å². The van der Waals surface area contributed by atoms with E-state index in [-0.39, 0.29) is 11.8 Å². The summed E-state index contributed by atoms with van der Waals surface area (Å²) in [5.41, 5.74) is 8.53. The molecule has 6 nitrogen and oxygen atoms in total. The minimum atomic E-state index is -0.207. The third-order valence-corrected chi connectivity index (χ3v) is 3.72. The Kier molecular flexibility index (Phi) is 3.53. The fourth-order valence-corrected chi connectivity index (χ4v) is 2.60. The second-order valence-electron chi connectivity index (χ2n) is 4.99. The van der Waals surface area contributed by atoms with Crippen LogP contribution in [0.3, 0.4) is 0 Å². The molecule has 3 rings (SSSR count). The van der Waals surface area contributed by atoms with Gasteiger partial charge in [0.05, 0.1) is 23.0 Å². The maximum Gasteiger partial charge on any atom is 0.261 e. The van der Waals surface area contributed by atoms with Crippen LogP contribution in [0.15, 0.2) is 30.5 Å². The molecule has 0 unspecified atom stereocenters. The summed E-state index contributed by atoms with van der Waals surface area (Å²) in [5, 5.41) is 6.80. The number of nitrogens with zero attached hydrogens (tertiary/aromatic N) is 2. The molecular formula is C15H16N4O2. The number of imide groups is 1. The van der Waals surface area contributed by atoms with E-state index in [0.717, 1.165) is 17.7 Å². The Hall–Kier alpha value is -2.47. The van der Waals surface area contributed by atoms with Gasteiger partial charge in [0.15, 0.2) is 0 Å². The van der Waals surface area contributed by atoms with Gasteiger partial charge in [0.2, 0.25) is 0 Å². The summed E-state index contributed by atoms with van der Waals surface area (Å²) in [4.78, 5) is 25.7. The van der Waals surface area contributed by atoms with E-state index in [1.165, 1.54) is 4.90 Å². The van der Waals surface area contributed by atoms with Crippen molar-refractivity contribution in [3.8, 4) is 0 Å². The lowest BCUT2D eigenvalue weighted by Gasteiger charge is -2.13. The number of aromatic nitrogens is 2. The van der Waals surface area contributed by atoms with Crippen molar-refractivity contribution in [1.29, 1.82) is 0 Å². The van der Waals surface area contributed by atoms with Crippen molar-refractivity contribution in [3.05, 3.63) is 52.8 Å². The number of carbonyl (C=O) groups is 2. The van der Waals surface area contributed by atoms with Crippen LogP contribution < -0.4 is 5.73 Å². The number of carbonyl (C=O) groups excluding carboxylic acids is 2. The Morgan fingerprint density at radius 2 is 1.81 bits per heavy atom. The molecule has 0 saturated heterocycles. The van der Waals surface area contributed by atoms with Crippen LogP contribution >= 0.6 is 0 Å². The average Bonchev–Trinajstić information content (AvgIpc) is 3.06. The zero-order valence-electron chi connectivity index (χ0n) is 11.5. The summed E-state index contributed by atoms with van der Waals surface area (Å²) < 4.78 is 0. The third kappa shape index (κ3) is 2.34. The first kappa shape index (κ1) is 13.5. The lowest BCUT2D eigenvalue weighted by atomic mass is 10.1. The predicted octanol–water partition coefficient (Wildman–Crippen LogP) is 1.10. The second kappa shape index (κ2) is 5.49. The van der Waals surface area contributed by atoms with Gasteiger partial charge in [0.25, 0.3) is 11.8 Å². The minimum absolute atomic E-state index is 0.207. The van der Waals surface area contributed by atoms with E-state index in [1.807, 2.05) is 0 Å². The Morgan fingerprint density at radius 3 is 2.43 bits per heavy atom. The van der Waals surface area contributed by atoms with Crippen molar-refractivity contribution in [2.75, 3.05) is 6.54 Å². The summed E-state index contributed by atoms with van der Waals surface area (Å²) in [5.74, 6) is -0.413. The minimum Gasteiger partial charge on any atom is -0.325 e. The van der Waals surface area contributed by atoms with Crippen LogP contribution in [0.5, 0.6) is 0 Å². The highest BCUT2D eigenvalue weighted by Gasteiger charge is 2.34. The first-order valence-electron chi connectivity index (χ1n) is 6.88. The van der Waals surface area contributed by atoms with Crippen LogP contribution in [0.2, 0.25) is 0 Å². The highest BCUT2D eigenvalue weighted by Crippen LogP contribution is 2.22. The van der Waals surface area contributed by atoms with Gasteiger partial charge < -0.3 is 5.73 Å². The smallest absolute Gasteiger partial charge is 0.261 e. The van der Waals surface area contributed by atoms with E-state index in [0.29, 0.717) is 30.6 Å². The molecular weight excluding hydrogens is 268 g/mol. The number of amides is 2. The van der Waals surface area contributed by atoms with Gasteiger partial charge in [-0.05, 0) is 30.5 Å². The van der Waals surface area contributed by atoms with E-state index in [4.69, 9.17) is 5.73 Å². The fourth-order valence-electron chi connectivity index (χ4n) is 2.60. The quantitative estimate of drug-likeness (QED) is 0.804. The third-order valence-electron chi connectivity index (χ3n) is 3.72. The van der Waals surface area contributed by atoms with Crippen molar-refractivity contribution in [3.63, 3.8) is 0 Å². The summed E-state index contributed by atoms with van der Waals surface area (Å²) in [7, 11) is 0. The molecule has 1 aliphatic rings. The summed E-state index contributed by atoms with van der Waals surface area (Å²) in [6.07, 6.45) is 3.17. The van der Waals surface area contributed by atoms with E-state index in [2.05, 4.69) is 10.2 Å². The standard InChI is InChI=1S/C15H16N4O2/c16-8-13-10(9-17-18-13)4-3-7-19-14(20)11-5-1-2-6-12(11)15(19)21/h1-2,5-6,9H,3-4,7-8,16H2,(H,17,18). The number of aromatic amines is 1. The molecule has 0 radical (unpaired) electrons. The maximum atomic E-state index is 12.2. The van der Waals surface area contributed by atoms with E-state index in [9.17, 15) is 9.59 Å². The number of hydrogen-bond donors (Lipinski definition) is 2. The lowest BCUT2D eigenvalue weighted by molar-refractivity contribution is 0.0652. The number of aryl methyl sites for hydroxylation is 1. The molecule has 1 aromatic heterocycles. The molecule has 21 heavy (non-hydrogen) atoms. The molecule has 0 aliphatic carbocycles. The summed E-state index contributed by atoms with van der Waals surface area (Å²) in [6.45, 7) is 0.809. The maximum absolute atomic E-state index is 12.2. The van der Waals surface area contributed by atoms with Gasteiger partial charge in [-0.25, -0.2) is 0 Å². The second-order valence-corrected chi connectivity index (χ2v) is 4.99. The first-order chi connectivity index (χ1) is 10.2. The molecule has 0 atom stereocenters. The molecule has 2 amide bonds. The number of rotatable bonds is 5. The van der Waals surface area contributed by atoms with E-state index >= 15 is 0 Å². The largest absolute Gasteiger partial charge is 0.325 e. The highest BCUT2D eigenvalue weighted by molar-refractivity contribution is 6.21. The van der Waals surface area contributed by atoms with Gasteiger partial charge in [0.1, 0.15) is 0 Å². The fraction of sp³-hybridized carbons (Fsp3) is 0.267. The number of hydrogen-bond acceptors (Lipinski definition) is 4. The van der Waals surface area contributed by atoms with Crippen LogP contribution in [0.1, 0.15) is 38.4 Å². The molecule has 1 aliphatic heterocycles. The molecule has 1 aromatic carbocycles. The number of fused-ring (bicyclic) bond motifs is 1. The molecule has 3 N–H and O–H groups in total. The number of H-pyrrole nitrogens is 1. The van der Waals surface area contributed by atoms with Gasteiger partial charge in [-0.3, -0.25) is 19.6 Å². The molecule has 0 fully saturated rings. The Labute approximate surface area is 121 Å². The van der Waals surface area contributed by atoms with Gasteiger partial charge in [-0.15, -0.1) is 0 Å². The highest BCUT2D eigenvalue weighted by atomic mass is 16.2. The Morgan fingerprint density at radius 1 is 1.14 bits per heavy atom. The van der Waals surface area contributed by atoms with Crippen LogP contribution in [0.25, 0.3) is 0 Å². The van der Waals surface area contributed by atoms with Crippen molar-refractivity contribution in [1.82, 2.24) is 15.1 Å². The van der Waals surface area contributed by atoms with Crippen LogP contribution in [-0.4, -0.2) is 33.5 Å². The first-order valence-corrected chi connectivity index (χ1v) is 6.88. The van der Waals surface area contributed by atoms with Crippen molar-refractivity contribution >= 4 is 11.8 Å². The molecule has 2 aromatic rings. The average molecular weight is 284 g/mol. The van der Waals surface area contributed by atoms with Gasteiger partial charge in [0, 0.05) is 13.1 Å². The monoisotopic (exact) mass is 284 g/mol. The summed E-state index contributed by atoms with van der Waals surface area (Å²) >= 11 is 0. The van der Waals surface area contributed by atoms with Crippen LogP contribution in [0.4, 0.5) is 0 Å². The van der Waals surface area contributed by atoms with E-state index in [1.54, 1.807) is 30.5 Å². The summed E-state index contributed by atoms with van der Waals surface area (Å²) in [6, 6.07) is 6.93. The Balaban J connectivity index is 1.65. The van der Waals surface area contributed by atoms with E-state index < -0.39 is 0 Å². The molecule has 6 heteroatoms. The number of nitrogens with two attached hydrogens (primary N) is 1. The lowest BCUT2D eigenvalue weighted by Crippen LogP contribution is -2.31. The van der Waals surface area contributed by atoms with Crippen LogP contribution in [-0.2, 0) is 13.0 Å². The van der Waals surface area contributed by atoms with Crippen LogP contribution in [0, 0.1) is 0 Å². The predicted molar refractivity (Wildman–Crippen MR) is 76.6 cm³/mol. The van der Waals surface area contributed by atoms with Crippen molar-refractivity contribution < 1.29 is 9.59 Å². The molecule has 0 saturated carbocycles. The molecule has 2 heterocycles. The zero-order valence-corrected chi connectivity index (χ0v) is 11.5. The van der Waals surface area contributed by atoms with Gasteiger partial charge in [-0.2, -0.15) is 5.10 Å². The topological polar surface area (TPSA) is 92.1 Å². The number of nitrogens with one attached hydrogen (secondary N) is 1. The zero-order chi connectivity index (χ0) is 14.8. The SMILES string of the molecule is NCc1[nH]ncc1CCCN1C(=O)c2ccccc2C1=O. The van der Waals surface area contributed by atoms with Crippen molar-refractivity contribution in [2.45, 2.75) is 19.4 Å². The molecule has 0 bridgehead atoms. The normalized spacial score (nSPS) is 13.9.